The zero-order valence-corrected chi connectivity index (χ0v) is 14.0. The van der Waals surface area contributed by atoms with Crippen molar-refractivity contribution < 1.29 is 29.4 Å². The third-order valence-corrected chi connectivity index (χ3v) is 3.55. The fourth-order valence-electron chi connectivity index (χ4n) is 1.79. The van der Waals surface area contributed by atoms with E-state index in [-0.39, 0.29) is 12.5 Å². The highest BCUT2D eigenvalue weighted by atomic mass is 16.4. The van der Waals surface area contributed by atoms with E-state index in [0.29, 0.717) is 6.42 Å². The molecule has 4 unspecified atom stereocenters. The lowest BCUT2D eigenvalue weighted by Gasteiger charge is -2.23. The topological polar surface area (TPSA) is 171 Å². The highest BCUT2D eigenvalue weighted by Gasteiger charge is 2.29. The molecule has 0 aliphatic heterocycles. The summed E-state index contributed by atoms with van der Waals surface area (Å²) in [6.45, 7) is 3.82. The van der Waals surface area contributed by atoms with Crippen LogP contribution in [0.15, 0.2) is 0 Å². The van der Waals surface area contributed by atoms with Crippen LogP contribution in [-0.4, -0.2) is 65.2 Å². The van der Waals surface area contributed by atoms with E-state index >= 15 is 0 Å². The van der Waals surface area contributed by atoms with Gasteiger partial charge in [-0.3, -0.25) is 14.4 Å². The molecule has 0 bridgehead atoms. The van der Waals surface area contributed by atoms with E-state index < -0.39 is 48.4 Å². The number of aliphatic carboxylic acids is 1. The second-order valence-corrected chi connectivity index (χ2v) is 5.45. The summed E-state index contributed by atoms with van der Waals surface area (Å²) in [5.41, 5.74) is 5.10. The van der Waals surface area contributed by atoms with Crippen LogP contribution in [-0.2, 0) is 19.2 Å². The molecule has 0 aromatic rings. The van der Waals surface area contributed by atoms with Crippen molar-refractivity contribution in [3.05, 3.63) is 0 Å². The average Bonchev–Trinajstić information content (AvgIpc) is 2.55. The molecule has 0 saturated heterocycles. The fraction of sp³-hybridized carbons (Fsp3) is 0.714. The maximum atomic E-state index is 12.0. The van der Waals surface area contributed by atoms with Gasteiger partial charge in [0, 0.05) is 0 Å². The molecule has 0 aliphatic rings. The molecule has 0 radical (unpaired) electrons. The molecule has 0 aromatic heterocycles. The molecule has 0 heterocycles. The number of hydrogen-bond donors (Lipinski definition) is 6. The molecular formula is C14H26N4O6. The molecule has 0 aliphatic carbocycles. The molecule has 24 heavy (non-hydrogen) atoms. The van der Waals surface area contributed by atoms with Crippen molar-refractivity contribution in [2.45, 2.75) is 45.3 Å². The molecule has 0 aromatic carbocycles. The SMILES string of the molecule is CCC(C)C(NC(=O)C(C)NC(=O)C(CO)NC(=O)CN)C(=O)O. The van der Waals surface area contributed by atoms with E-state index in [4.69, 9.17) is 15.9 Å². The van der Waals surface area contributed by atoms with Gasteiger partial charge in [0.05, 0.1) is 13.2 Å². The van der Waals surface area contributed by atoms with Gasteiger partial charge in [0.25, 0.3) is 0 Å². The Morgan fingerprint density at radius 3 is 2.04 bits per heavy atom. The van der Waals surface area contributed by atoms with Crippen molar-refractivity contribution in [3.63, 3.8) is 0 Å². The Balaban J connectivity index is 4.75. The molecule has 138 valence electrons. The number of amides is 3. The Kier molecular flexibility index (Phi) is 9.58. The summed E-state index contributed by atoms with van der Waals surface area (Å²) in [6.07, 6.45) is 0.551. The van der Waals surface area contributed by atoms with E-state index in [1.165, 1.54) is 6.92 Å². The zero-order chi connectivity index (χ0) is 18.9. The monoisotopic (exact) mass is 346 g/mol. The number of nitrogens with one attached hydrogen (secondary N) is 3. The minimum Gasteiger partial charge on any atom is -0.480 e. The van der Waals surface area contributed by atoms with Gasteiger partial charge in [-0.25, -0.2) is 4.79 Å². The van der Waals surface area contributed by atoms with Crippen molar-refractivity contribution in [2.75, 3.05) is 13.2 Å². The minimum atomic E-state index is -1.25. The van der Waals surface area contributed by atoms with Gasteiger partial charge in [0.15, 0.2) is 0 Å². The number of aliphatic hydroxyl groups is 1. The maximum absolute atomic E-state index is 12.0. The number of carbonyl (C=O) groups is 4. The molecule has 0 spiro atoms. The van der Waals surface area contributed by atoms with Crippen LogP contribution >= 0.6 is 0 Å². The lowest BCUT2D eigenvalue weighted by atomic mass is 9.99. The van der Waals surface area contributed by atoms with Gasteiger partial charge in [-0.2, -0.15) is 0 Å². The molecule has 0 fully saturated rings. The summed E-state index contributed by atoms with van der Waals surface area (Å²) in [5, 5.41) is 25.1. The van der Waals surface area contributed by atoms with Gasteiger partial charge in [0.2, 0.25) is 17.7 Å². The smallest absolute Gasteiger partial charge is 0.326 e. The van der Waals surface area contributed by atoms with Crippen LogP contribution in [0.25, 0.3) is 0 Å². The summed E-state index contributed by atoms with van der Waals surface area (Å²) in [4.78, 5) is 46.3. The Morgan fingerprint density at radius 2 is 1.62 bits per heavy atom. The minimum absolute atomic E-state index is 0.289. The van der Waals surface area contributed by atoms with Gasteiger partial charge < -0.3 is 31.9 Å². The van der Waals surface area contributed by atoms with Crippen molar-refractivity contribution in [1.29, 1.82) is 0 Å². The number of carbonyl (C=O) groups excluding carboxylic acids is 3. The average molecular weight is 346 g/mol. The molecule has 7 N–H and O–H groups in total. The predicted octanol–water partition coefficient (Wildman–Crippen LogP) is -2.46. The summed E-state index contributed by atoms with van der Waals surface area (Å²) >= 11 is 0. The summed E-state index contributed by atoms with van der Waals surface area (Å²) < 4.78 is 0. The number of hydrogen-bond acceptors (Lipinski definition) is 6. The molecule has 0 rings (SSSR count). The predicted molar refractivity (Wildman–Crippen MR) is 84.7 cm³/mol. The highest BCUT2D eigenvalue weighted by Crippen LogP contribution is 2.08. The molecule has 10 nitrogen and oxygen atoms in total. The Hall–Kier alpha value is -2.20. The molecule has 10 heteroatoms. The van der Waals surface area contributed by atoms with E-state index in [1.807, 2.05) is 0 Å². The van der Waals surface area contributed by atoms with E-state index in [1.54, 1.807) is 13.8 Å². The first-order valence-electron chi connectivity index (χ1n) is 7.61. The van der Waals surface area contributed by atoms with Crippen molar-refractivity contribution in [2.24, 2.45) is 11.7 Å². The van der Waals surface area contributed by atoms with Crippen LogP contribution in [0.3, 0.4) is 0 Å². The van der Waals surface area contributed by atoms with Crippen LogP contribution in [0.1, 0.15) is 27.2 Å². The standard InChI is InChI=1S/C14H26N4O6/c1-4-7(2)11(14(23)24)18-12(21)8(3)16-13(22)9(6-19)17-10(20)5-15/h7-9,11,19H,4-6,15H2,1-3H3,(H,16,22)(H,17,20)(H,18,21)(H,23,24). The summed E-state index contributed by atoms with van der Waals surface area (Å²) in [7, 11) is 0. The van der Waals surface area contributed by atoms with Crippen molar-refractivity contribution >= 4 is 23.7 Å². The van der Waals surface area contributed by atoms with Crippen molar-refractivity contribution in [1.82, 2.24) is 16.0 Å². The fourth-order valence-corrected chi connectivity index (χ4v) is 1.79. The van der Waals surface area contributed by atoms with E-state index in [2.05, 4.69) is 16.0 Å². The summed E-state index contributed by atoms with van der Waals surface area (Å²) in [6, 6.07) is -3.37. The number of aliphatic hydroxyl groups excluding tert-OH is 1. The van der Waals surface area contributed by atoms with Crippen LogP contribution < -0.4 is 21.7 Å². The van der Waals surface area contributed by atoms with Crippen LogP contribution in [0, 0.1) is 5.92 Å². The van der Waals surface area contributed by atoms with Gasteiger partial charge in [-0.15, -0.1) is 0 Å². The third kappa shape index (κ3) is 6.92. The highest BCUT2D eigenvalue weighted by molar-refractivity contribution is 5.93. The third-order valence-electron chi connectivity index (χ3n) is 3.55. The van der Waals surface area contributed by atoms with E-state index in [9.17, 15) is 19.2 Å². The molecule has 0 saturated carbocycles. The van der Waals surface area contributed by atoms with Gasteiger partial charge in [0.1, 0.15) is 18.1 Å². The van der Waals surface area contributed by atoms with Gasteiger partial charge in [-0.1, -0.05) is 20.3 Å². The van der Waals surface area contributed by atoms with Crippen LogP contribution in [0.2, 0.25) is 0 Å². The molecule has 3 amide bonds. The first kappa shape index (κ1) is 21.8. The Labute approximate surface area is 140 Å². The summed E-state index contributed by atoms with van der Waals surface area (Å²) in [5.74, 6) is -3.55. The normalized spacial score (nSPS) is 15.5. The largest absolute Gasteiger partial charge is 0.480 e. The number of nitrogens with two attached hydrogens (primary N) is 1. The number of rotatable bonds is 10. The quantitative estimate of drug-likeness (QED) is 0.255. The first-order chi connectivity index (χ1) is 11.2. The Morgan fingerprint density at radius 1 is 1.04 bits per heavy atom. The first-order valence-corrected chi connectivity index (χ1v) is 7.61. The second kappa shape index (κ2) is 10.6. The second-order valence-electron chi connectivity index (χ2n) is 5.45. The van der Waals surface area contributed by atoms with Crippen LogP contribution in [0.5, 0.6) is 0 Å². The number of carboxylic acid groups (broad SMARTS) is 1. The maximum Gasteiger partial charge on any atom is 0.326 e. The lowest BCUT2D eigenvalue weighted by Crippen LogP contribution is -2.56. The number of carboxylic acids is 1. The molecule has 4 atom stereocenters. The zero-order valence-electron chi connectivity index (χ0n) is 14.0. The van der Waals surface area contributed by atoms with E-state index in [0.717, 1.165) is 0 Å². The lowest BCUT2D eigenvalue weighted by molar-refractivity contribution is -0.143. The van der Waals surface area contributed by atoms with Crippen LogP contribution in [0.4, 0.5) is 0 Å². The molecular weight excluding hydrogens is 320 g/mol. The van der Waals surface area contributed by atoms with Gasteiger partial charge >= 0.3 is 5.97 Å². The van der Waals surface area contributed by atoms with Gasteiger partial charge in [-0.05, 0) is 12.8 Å². The van der Waals surface area contributed by atoms with Crippen molar-refractivity contribution in [3.8, 4) is 0 Å². The Bertz CT molecular complexity index is 470.